The summed E-state index contributed by atoms with van der Waals surface area (Å²) in [5.74, 6) is 0. The van der Waals surface area contributed by atoms with E-state index in [4.69, 9.17) is 5.11 Å². The first-order chi connectivity index (χ1) is 10.3. The maximum atomic E-state index is 12.8. The largest absolute Gasteiger partial charge is 0.423 e. The zero-order chi connectivity index (χ0) is 16.3. The zero-order valence-electron chi connectivity index (χ0n) is 10.9. The van der Waals surface area contributed by atoms with E-state index in [0.29, 0.717) is 16.8 Å². The molecule has 0 radical (unpaired) electrons. The van der Waals surface area contributed by atoms with E-state index in [2.05, 4.69) is 10.3 Å². The van der Waals surface area contributed by atoms with Gasteiger partial charge in [-0.3, -0.25) is 10.1 Å². The van der Waals surface area contributed by atoms with E-state index in [9.17, 15) is 23.3 Å². The monoisotopic (exact) mass is 333 g/mol. The van der Waals surface area contributed by atoms with Crippen LogP contribution in [0.4, 0.5) is 24.5 Å². The standard InChI is InChI=1S/C12H10F3N3O3S/c13-12(14,15)9-3-7(1-2-10(9)18(20)21)16-4-11-17-8(5-19)6-22-11/h1-3,6,16,19H,4-5H2. The number of thiazole rings is 1. The molecule has 0 unspecified atom stereocenters. The summed E-state index contributed by atoms with van der Waals surface area (Å²) >= 11 is 1.25. The van der Waals surface area contributed by atoms with Gasteiger partial charge in [-0.1, -0.05) is 0 Å². The van der Waals surface area contributed by atoms with Crippen molar-refractivity contribution in [1.29, 1.82) is 0 Å². The minimum Gasteiger partial charge on any atom is -0.390 e. The molecule has 0 bridgehead atoms. The molecule has 1 aromatic heterocycles. The molecular weight excluding hydrogens is 323 g/mol. The average Bonchev–Trinajstić information content (AvgIpc) is 2.91. The van der Waals surface area contributed by atoms with Gasteiger partial charge in [0.25, 0.3) is 5.69 Å². The lowest BCUT2D eigenvalue weighted by Crippen LogP contribution is -2.10. The van der Waals surface area contributed by atoms with Crippen molar-refractivity contribution in [2.24, 2.45) is 0 Å². The molecule has 10 heteroatoms. The Bertz CT molecular complexity index is 688. The summed E-state index contributed by atoms with van der Waals surface area (Å²) in [5.41, 5.74) is -1.73. The van der Waals surface area contributed by atoms with Gasteiger partial charge in [0.2, 0.25) is 0 Å². The number of rotatable bonds is 5. The first-order valence-electron chi connectivity index (χ1n) is 5.95. The molecule has 0 aliphatic heterocycles. The second-order valence-electron chi connectivity index (χ2n) is 4.23. The van der Waals surface area contributed by atoms with E-state index >= 15 is 0 Å². The molecule has 22 heavy (non-hydrogen) atoms. The second kappa shape index (κ2) is 6.28. The number of alkyl halides is 3. The molecule has 0 amide bonds. The highest BCUT2D eigenvalue weighted by Gasteiger charge is 2.38. The number of hydrogen-bond donors (Lipinski definition) is 2. The number of aromatic nitrogens is 1. The van der Waals surface area contributed by atoms with Crippen molar-refractivity contribution in [2.45, 2.75) is 19.3 Å². The molecule has 0 saturated heterocycles. The molecule has 6 nitrogen and oxygen atoms in total. The predicted molar refractivity (Wildman–Crippen MR) is 73.5 cm³/mol. The molecule has 2 N–H and O–H groups in total. The number of anilines is 1. The molecular formula is C12H10F3N3O3S. The third-order valence-electron chi connectivity index (χ3n) is 2.70. The molecule has 0 fully saturated rings. The van der Waals surface area contributed by atoms with Crippen LogP contribution >= 0.6 is 11.3 Å². The Kier molecular flexibility index (Phi) is 4.62. The summed E-state index contributed by atoms with van der Waals surface area (Å²) in [6.45, 7) is -0.0635. The molecule has 0 saturated carbocycles. The van der Waals surface area contributed by atoms with E-state index in [1.54, 1.807) is 5.38 Å². The van der Waals surface area contributed by atoms with Gasteiger partial charge in [-0.25, -0.2) is 4.98 Å². The van der Waals surface area contributed by atoms with Gasteiger partial charge in [0.15, 0.2) is 0 Å². The second-order valence-corrected chi connectivity index (χ2v) is 5.17. The molecule has 0 atom stereocenters. The molecule has 0 aliphatic rings. The van der Waals surface area contributed by atoms with E-state index in [0.717, 1.165) is 6.07 Å². The fourth-order valence-electron chi connectivity index (χ4n) is 1.71. The van der Waals surface area contributed by atoms with Crippen LogP contribution in [0.15, 0.2) is 23.6 Å². The van der Waals surface area contributed by atoms with Crippen LogP contribution in [0.25, 0.3) is 0 Å². The third-order valence-corrected chi connectivity index (χ3v) is 3.60. The van der Waals surface area contributed by atoms with Crippen LogP contribution in [-0.2, 0) is 19.3 Å². The lowest BCUT2D eigenvalue weighted by atomic mass is 10.1. The summed E-state index contributed by atoms with van der Waals surface area (Å²) in [6.07, 6.45) is -4.81. The van der Waals surface area contributed by atoms with Crippen molar-refractivity contribution in [3.63, 3.8) is 0 Å². The first-order valence-corrected chi connectivity index (χ1v) is 6.83. The van der Waals surface area contributed by atoms with Crippen molar-refractivity contribution in [2.75, 3.05) is 5.32 Å². The maximum Gasteiger partial charge on any atom is 0.423 e. The van der Waals surface area contributed by atoms with Crippen molar-refractivity contribution in [3.8, 4) is 0 Å². The zero-order valence-corrected chi connectivity index (χ0v) is 11.7. The Morgan fingerprint density at radius 3 is 2.68 bits per heavy atom. The number of aliphatic hydroxyl groups excluding tert-OH is 1. The quantitative estimate of drug-likeness (QED) is 0.648. The lowest BCUT2D eigenvalue weighted by molar-refractivity contribution is -0.388. The van der Waals surface area contributed by atoms with Crippen LogP contribution in [-0.4, -0.2) is 15.0 Å². The number of halogens is 3. The van der Waals surface area contributed by atoms with E-state index < -0.39 is 22.4 Å². The normalized spacial score (nSPS) is 11.5. The first kappa shape index (κ1) is 16.2. The number of nitrogens with one attached hydrogen (secondary N) is 1. The molecule has 1 aromatic carbocycles. The molecule has 0 spiro atoms. The lowest BCUT2D eigenvalue weighted by Gasteiger charge is -2.10. The summed E-state index contributed by atoms with van der Waals surface area (Å²) in [7, 11) is 0. The van der Waals surface area contributed by atoms with Gasteiger partial charge in [-0.05, 0) is 12.1 Å². The van der Waals surface area contributed by atoms with Gasteiger partial charge < -0.3 is 10.4 Å². The van der Waals surface area contributed by atoms with Gasteiger partial charge in [-0.2, -0.15) is 13.2 Å². The van der Waals surface area contributed by atoms with Crippen molar-refractivity contribution in [1.82, 2.24) is 4.98 Å². The van der Waals surface area contributed by atoms with E-state index in [-0.39, 0.29) is 18.8 Å². The highest BCUT2D eigenvalue weighted by molar-refractivity contribution is 7.09. The topological polar surface area (TPSA) is 88.3 Å². The number of nitro groups is 1. The van der Waals surface area contributed by atoms with Crippen LogP contribution < -0.4 is 5.32 Å². The SMILES string of the molecule is O=[N+]([O-])c1ccc(NCc2nc(CO)cs2)cc1C(F)(F)F. The minimum absolute atomic E-state index is 0.0960. The summed E-state index contributed by atoms with van der Waals surface area (Å²) < 4.78 is 38.5. The van der Waals surface area contributed by atoms with Gasteiger partial charge in [0, 0.05) is 17.1 Å². The Hall–Kier alpha value is -2.20. The Labute approximate surface area is 126 Å². The Morgan fingerprint density at radius 1 is 1.41 bits per heavy atom. The van der Waals surface area contributed by atoms with Crippen LogP contribution in [0.3, 0.4) is 0 Å². The smallest absolute Gasteiger partial charge is 0.390 e. The minimum atomic E-state index is -4.81. The molecule has 2 rings (SSSR count). The molecule has 1 heterocycles. The van der Waals surface area contributed by atoms with Crippen LogP contribution in [0, 0.1) is 10.1 Å². The van der Waals surface area contributed by atoms with E-state index in [1.807, 2.05) is 0 Å². The summed E-state index contributed by atoms with van der Waals surface area (Å²) in [5, 5.41) is 24.5. The van der Waals surface area contributed by atoms with Crippen LogP contribution in [0.2, 0.25) is 0 Å². The maximum absolute atomic E-state index is 12.8. The van der Waals surface area contributed by atoms with Gasteiger partial charge in [0.05, 0.1) is 23.8 Å². The number of nitro benzene ring substituents is 1. The highest BCUT2D eigenvalue weighted by Crippen LogP contribution is 2.37. The number of benzene rings is 1. The fourth-order valence-corrected chi connectivity index (χ4v) is 2.44. The van der Waals surface area contributed by atoms with Gasteiger partial charge in [0.1, 0.15) is 10.6 Å². The Balaban J connectivity index is 2.19. The third kappa shape index (κ3) is 3.71. The van der Waals surface area contributed by atoms with E-state index in [1.165, 1.54) is 17.4 Å². The summed E-state index contributed by atoms with van der Waals surface area (Å²) in [6, 6.07) is 2.71. The predicted octanol–water partition coefficient (Wildman–Crippen LogP) is 3.17. The summed E-state index contributed by atoms with van der Waals surface area (Å²) in [4.78, 5) is 13.6. The number of hydrogen-bond acceptors (Lipinski definition) is 6. The molecule has 0 aliphatic carbocycles. The highest BCUT2D eigenvalue weighted by atomic mass is 32.1. The van der Waals surface area contributed by atoms with Gasteiger partial charge in [-0.15, -0.1) is 11.3 Å². The molecule has 118 valence electrons. The van der Waals surface area contributed by atoms with Gasteiger partial charge >= 0.3 is 6.18 Å². The fraction of sp³-hybridized carbons (Fsp3) is 0.250. The van der Waals surface area contributed by atoms with Crippen LogP contribution in [0.1, 0.15) is 16.3 Å². The van der Waals surface area contributed by atoms with Crippen LogP contribution in [0.5, 0.6) is 0 Å². The number of nitrogens with zero attached hydrogens (tertiary/aromatic N) is 2. The molecule has 2 aromatic rings. The van der Waals surface area contributed by atoms with Crippen molar-refractivity contribution in [3.05, 3.63) is 50.0 Å². The number of aliphatic hydroxyl groups is 1. The average molecular weight is 333 g/mol. The Morgan fingerprint density at radius 2 is 2.14 bits per heavy atom. The van der Waals surface area contributed by atoms with Crippen molar-refractivity contribution >= 4 is 22.7 Å². The van der Waals surface area contributed by atoms with Crippen molar-refractivity contribution < 1.29 is 23.2 Å².